The lowest BCUT2D eigenvalue weighted by Crippen LogP contribution is -2.58. The number of aliphatic hydroxyl groups is 1. The van der Waals surface area contributed by atoms with E-state index >= 15 is 8.78 Å². The van der Waals surface area contributed by atoms with Crippen molar-refractivity contribution >= 4 is 33.5 Å². The van der Waals surface area contributed by atoms with E-state index in [-0.39, 0.29) is 48.2 Å². The molecule has 10 rings (SSSR count). The van der Waals surface area contributed by atoms with E-state index in [0.717, 1.165) is 36.9 Å². The predicted octanol–water partition coefficient (Wildman–Crippen LogP) is 7.10. The number of carbonyl (C=O) groups excluding carboxylic acids is 1. The number of halogens is 3. The van der Waals surface area contributed by atoms with Crippen LogP contribution in [0.3, 0.4) is 0 Å². The number of hydrogen-bond donors (Lipinski definition) is 2. The number of nitrogens with one attached hydrogen (secondary N) is 1. The van der Waals surface area contributed by atoms with Crippen LogP contribution in [0.4, 0.5) is 19.0 Å². The molecule has 3 saturated heterocycles. The first-order valence-corrected chi connectivity index (χ1v) is 20.1. The van der Waals surface area contributed by atoms with Crippen molar-refractivity contribution in [1.82, 2.24) is 25.2 Å². The smallest absolute Gasteiger partial charge is 0.344 e. The summed E-state index contributed by atoms with van der Waals surface area (Å²) in [5.41, 5.74) is 1.09. The second kappa shape index (κ2) is 15.0. The number of anilines is 1. The molecule has 0 radical (unpaired) electrons. The zero-order valence-corrected chi connectivity index (χ0v) is 32.9. The first-order valence-electron chi connectivity index (χ1n) is 20.1. The Morgan fingerprint density at radius 3 is 2.71 bits per heavy atom. The van der Waals surface area contributed by atoms with Crippen LogP contribution in [0.5, 0.6) is 11.8 Å². The van der Waals surface area contributed by atoms with Gasteiger partial charge >= 0.3 is 12.0 Å². The monoisotopic (exact) mass is 796 g/mol. The molecule has 3 aromatic carbocycles. The minimum absolute atomic E-state index is 0.0578. The number of carbonyl (C=O) groups is 1. The van der Waals surface area contributed by atoms with Crippen molar-refractivity contribution in [1.29, 1.82) is 0 Å². The average Bonchev–Trinajstić information content (AvgIpc) is 3.71. The lowest BCUT2D eigenvalue weighted by molar-refractivity contribution is -0.135. The van der Waals surface area contributed by atoms with E-state index < -0.39 is 41.3 Å². The Morgan fingerprint density at radius 1 is 1.07 bits per heavy atom. The van der Waals surface area contributed by atoms with E-state index in [1.165, 1.54) is 18.3 Å². The molecular weight excluding hydrogens is 750 g/mol. The molecule has 3 fully saturated rings. The van der Waals surface area contributed by atoms with Crippen LogP contribution >= 0.6 is 0 Å². The van der Waals surface area contributed by atoms with Crippen molar-refractivity contribution in [3.8, 4) is 23.0 Å². The summed E-state index contributed by atoms with van der Waals surface area (Å²) in [6.07, 6.45) is 3.26. The molecule has 0 saturated carbocycles. The average molecular weight is 797 g/mol. The van der Waals surface area contributed by atoms with Crippen LogP contribution in [0.1, 0.15) is 72.5 Å². The Kier molecular flexibility index (Phi) is 10.0. The Morgan fingerprint density at radius 2 is 1.88 bits per heavy atom. The van der Waals surface area contributed by atoms with Crippen LogP contribution in [-0.4, -0.2) is 94.0 Å². The van der Waals surface area contributed by atoms with Crippen molar-refractivity contribution < 1.29 is 37.3 Å². The summed E-state index contributed by atoms with van der Waals surface area (Å²) in [5.74, 6) is -1.36. The Labute approximate surface area is 334 Å². The van der Waals surface area contributed by atoms with Gasteiger partial charge in [-0.2, -0.15) is 9.97 Å². The molecule has 0 spiro atoms. The van der Waals surface area contributed by atoms with Gasteiger partial charge in [0.05, 0.1) is 23.1 Å². The van der Waals surface area contributed by atoms with Crippen molar-refractivity contribution in [2.24, 2.45) is 0 Å². The summed E-state index contributed by atoms with van der Waals surface area (Å²) in [5, 5.41) is 15.4. The fraction of sp³-hybridized carbons (Fsp3) is 0.455. The van der Waals surface area contributed by atoms with E-state index in [2.05, 4.69) is 15.2 Å². The lowest BCUT2D eigenvalue weighted by atomic mass is 9.91. The van der Waals surface area contributed by atoms with Crippen LogP contribution in [0, 0.1) is 25.5 Å². The van der Waals surface area contributed by atoms with Crippen LogP contribution in [0.25, 0.3) is 32.9 Å². The van der Waals surface area contributed by atoms with Gasteiger partial charge in [0.1, 0.15) is 41.4 Å². The molecule has 2 N–H and O–H groups in total. The van der Waals surface area contributed by atoms with E-state index in [1.807, 2.05) is 43.9 Å². The Hall–Kier alpha value is -4.89. The van der Waals surface area contributed by atoms with Crippen molar-refractivity contribution in [3.05, 3.63) is 82.5 Å². The molecule has 4 atom stereocenters. The largest absolute Gasteiger partial charge is 0.461 e. The number of nitrogens with zero attached hydrogens (tertiary/aromatic N) is 5. The van der Waals surface area contributed by atoms with Crippen LogP contribution < -0.4 is 19.7 Å². The topological polar surface area (TPSA) is 122 Å². The second-order valence-electron chi connectivity index (χ2n) is 16.7. The van der Waals surface area contributed by atoms with Gasteiger partial charge in [-0.3, -0.25) is 15.2 Å². The van der Waals surface area contributed by atoms with Crippen molar-refractivity contribution in [2.75, 3.05) is 44.3 Å². The Bertz CT molecular complexity index is 2420. The van der Waals surface area contributed by atoms with Gasteiger partial charge in [-0.1, -0.05) is 24.3 Å². The minimum Gasteiger partial charge on any atom is -0.461 e. The molecule has 304 valence electrons. The zero-order valence-electron chi connectivity index (χ0n) is 32.9. The molecule has 5 aliphatic heterocycles. The summed E-state index contributed by atoms with van der Waals surface area (Å²) in [6, 6.07) is 11.5. The molecule has 58 heavy (non-hydrogen) atoms. The fourth-order valence-corrected chi connectivity index (χ4v) is 9.76. The molecule has 5 aromatic rings. The first kappa shape index (κ1) is 38.6. The maximum atomic E-state index is 17.6. The standard InChI is InChI=1S/C44H47F3N6O5/c1-25-8-4-9-26(2)34(25)40(54)58-29-18-27-11-12-33(46)30-10-5-17-56-42(55)51-43(3)13-6-15-52(23-43)39-32-21-48-37(31(19-29)35(27)30)36(47)38(32)49-41(50-39)57-24-44-14-7-16-53(44)22-28(45)20-44/h4,8-9,11-12,18-19,21,28,42,51,55H,5-7,10,13-17,20,22-24H2,1-3H3/t28-,42?,43-,44+/m1/s1. The quantitative estimate of drug-likeness (QED) is 0.140. The number of piperidine rings is 1. The van der Waals surface area contributed by atoms with Gasteiger partial charge in [0.2, 0.25) is 6.41 Å². The molecule has 6 bridgehead atoms. The highest BCUT2D eigenvalue weighted by molar-refractivity contribution is 6.03. The van der Waals surface area contributed by atoms with Crippen LogP contribution in [0.2, 0.25) is 0 Å². The number of benzene rings is 3. The first-order chi connectivity index (χ1) is 27.9. The van der Waals surface area contributed by atoms with E-state index in [4.69, 9.17) is 24.2 Å². The number of alkyl halides is 1. The summed E-state index contributed by atoms with van der Waals surface area (Å²) >= 11 is 0. The Balaban J connectivity index is 1.22. The van der Waals surface area contributed by atoms with E-state index in [9.17, 15) is 14.3 Å². The van der Waals surface area contributed by atoms with Gasteiger partial charge in [0.25, 0.3) is 0 Å². The number of hydrogen-bond acceptors (Lipinski definition) is 11. The molecule has 0 aliphatic carbocycles. The van der Waals surface area contributed by atoms with Gasteiger partial charge in [0.15, 0.2) is 5.82 Å². The highest BCUT2D eigenvalue weighted by Crippen LogP contribution is 2.43. The number of aliphatic hydroxyl groups excluding tert-OH is 1. The van der Waals surface area contributed by atoms with Crippen LogP contribution in [0.15, 0.2) is 48.7 Å². The highest BCUT2D eigenvalue weighted by atomic mass is 19.1. The summed E-state index contributed by atoms with van der Waals surface area (Å²) < 4.78 is 66.4. The number of fused-ring (bicyclic) bond motifs is 7. The third-order valence-corrected chi connectivity index (χ3v) is 12.5. The van der Waals surface area contributed by atoms with E-state index in [0.29, 0.717) is 72.0 Å². The van der Waals surface area contributed by atoms with Gasteiger partial charge in [0, 0.05) is 43.4 Å². The molecule has 0 amide bonds. The van der Waals surface area contributed by atoms with Crippen molar-refractivity contribution in [2.45, 2.75) is 89.4 Å². The molecule has 7 heterocycles. The van der Waals surface area contributed by atoms with Gasteiger partial charge < -0.3 is 24.2 Å². The minimum atomic E-state index is -1.30. The summed E-state index contributed by atoms with van der Waals surface area (Å²) in [7, 11) is 0. The number of esters is 1. The van der Waals surface area contributed by atoms with Gasteiger partial charge in [-0.05, 0) is 112 Å². The number of rotatable bonds is 5. The SMILES string of the molecule is Cc1cccc(C)c1C(=O)Oc1cc2c3c(c(F)ccc3c1)CCCOC(O)N[C@]1(C)CCCN(C1)c1nc(OC[C@@]34CCCN3C[C@H](F)C4)nc3c(F)c-2ncc13. The molecule has 1 unspecified atom stereocenters. The highest BCUT2D eigenvalue weighted by Gasteiger charge is 2.49. The van der Waals surface area contributed by atoms with Crippen LogP contribution in [-0.2, 0) is 11.2 Å². The van der Waals surface area contributed by atoms with Gasteiger partial charge in [-0.15, -0.1) is 0 Å². The summed E-state index contributed by atoms with van der Waals surface area (Å²) in [6.45, 7) is 7.97. The molecule has 2 aromatic heterocycles. The predicted molar refractivity (Wildman–Crippen MR) is 213 cm³/mol. The molecule has 5 aliphatic rings. The third kappa shape index (κ3) is 7.03. The number of pyridine rings is 1. The second-order valence-corrected chi connectivity index (χ2v) is 16.7. The molecule has 14 heteroatoms. The zero-order chi connectivity index (χ0) is 40.3. The lowest BCUT2D eigenvalue weighted by Gasteiger charge is -2.42. The number of aromatic nitrogens is 3. The maximum Gasteiger partial charge on any atom is 0.344 e. The molecular formula is C44H47F3N6O5. The number of ether oxygens (including phenoxy) is 3. The third-order valence-electron chi connectivity index (χ3n) is 12.5. The van der Waals surface area contributed by atoms with Crippen molar-refractivity contribution in [3.63, 3.8) is 0 Å². The van der Waals surface area contributed by atoms with Gasteiger partial charge in [-0.25, -0.2) is 18.0 Å². The normalized spacial score (nSPS) is 25.1. The maximum absolute atomic E-state index is 17.6. The van der Waals surface area contributed by atoms with E-state index in [1.54, 1.807) is 12.1 Å². The number of aryl methyl sites for hydroxylation is 3. The summed E-state index contributed by atoms with van der Waals surface area (Å²) in [4.78, 5) is 32.0. The fourth-order valence-electron chi connectivity index (χ4n) is 9.76. The molecule has 11 nitrogen and oxygen atoms in total.